The Labute approximate surface area is 156 Å². The van der Waals surface area contributed by atoms with E-state index in [-0.39, 0.29) is 23.8 Å². The summed E-state index contributed by atoms with van der Waals surface area (Å²) in [5, 5.41) is 18.4. The molecule has 1 aromatic heterocycles. The third kappa shape index (κ3) is 5.52. The number of rotatable bonds is 8. The number of hydrogen-bond donors (Lipinski definition) is 3. The van der Waals surface area contributed by atoms with Gasteiger partial charge in [0.05, 0.1) is 17.3 Å². The van der Waals surface area contributed by atoms with Crippen molar-refractivity contribution in [2.24, 2.45) is 5.92 Å². The summed E-state index contributed by atoms with van der Waals surface area (Å²) in [7, 11) is 0. The second-order valence-electron chi connectivity index (χ2n) is 6.05. The first-order chi connectivity index (χ1) is 12.9. The summed E-state index contributed by atoms with van der Waals surface area (Å²) in [5.74, 6) is -1.44. The maximum absolute atomic E-state index is 12.4. The summed E-state index contributed by atoms with van der Waals surface area (Å²) < 4.78 is 5.57. The lowest BCUT2D eigenvalue weighted by atomic mass is 10.1. The number of benzene rings is 1. The summed E-state index contributed by atoms with van der Waals surface area (Å²) in [5.41, 5.74) is 4.83. The van der Waals surface area contributed by atoms with E-state index in [0.29, 0.717) is 11.4 Å². The fourth-order valence-corrected chi connectivity index (χ4v) is 2.15. The Morgan fingerprint density at radius 1 is 1.22 bits per heavy atom. The van der Waals surface area contributed by atoms with E-state index in [9.17, 15) is 14.7 Å². The van der Waals surface area contributed by atoms with Gasteiger partial charge in [0, 0.05) is 0 Å². The van der Waals surface area contributed by atoms with Crippen molar-refractivity contribution in [3.8, 4) is 11.8 Å². The van der Waals surface area contributed by atoms with Crippen LogP contribution in [0.5, 0.6) is 5.75 Å². The number of amides is 1. The largest absolute Gasteiger partial charge is 0.487 e. The van der Waals surface area contributed by atoms with Crippen LogP contribution in [-0.2, 0) is 6.61 Å². The van der Waals surface area contributed by atoms with Crippen LogP contribution in [0.2, 0.25) is 0 Å². The third-order valence-corrected chi connectivity index (χ3v) is 3.68. The van der Waals surface area contributed by atoms with E-state index in [1.165, 1.54) is 12.1 Å². The minimum Gasteiger partial charge on any atom is -0.487 e. The van der Waals surface area contributed by atoms with E-state index in [0.717, 1.165) is 0 Å². The number of pyridine rings is 1. The predicted molar refractivity (Wildman–Crippen MR) is 96.8 cm³/mol. The number of aromatic carboxylic acids is 1. The number of carbonyl (C=O) groups excluding carboxylic acids is 1. The van der Waals surface area contributed by atoms with Gasteiger partial charge in [-0.3, -0.25) is 10.2 Å². The molecule has 0 aliphatic carbocycles. The molecule has 0 aliphatic heterocycles. The standard InChI is InChI=1S/C19H20N4O4/c1-12(2)16(10-20)22-23-18(24)17-15(19(25)26)9-8-13(21-17)11-27-14-6-4-3-5-7-14/h3-9,12,16,22H,11H2,1-2H3,(H,23,24)(H,25,26)/t16-/m1/s1. The van der Waals surface area contributed by atoms with Crippen LogP contribution in [0.3, 0.4) is 0 Å². The molecule has 1 amide bonds. The highest BCUT2D eigenvalue weighted by Gasteiger charge is 2.21. The van der Waals surface area contributed by atoms with E-state index in [1.54, 1.807) is 12.1 Å². The Morgan fingerprint density at radius 3 is 2.52 bits per heavy atom. The lowest BCUT2D eigenvalue weighted by Gasteiger charge is -2.16. The molecule has 0 saturated carbocycles. The van der Waals surface area contributed by atoms with Crippen molar-refractivity contribution in [3.63, 3.8) is 0 Å². The zero-order chi connectivity index (χ0) is 19.8. The number of nitrogens with one attached hydrogen (secondary N) is 2. The molecule has 0 aliphatic rings. The Balaban J connectivity index is 2.16. The molecule has 0 bridgehead atoms. The molecule has 27 heavy (non-hydrogen) atoms. The van der Waals surface area contributed by atoms with Crippen molar-refractivity contribution in [2.45, 2.75) is 26.5 Å². The average Bonchev–Trinajstić information content (AvgIpc) is 2.67. The maximum atomic E-state index is 12.4. The number of aromatic nitrogens is 1. The molecule has 0 spiro atoms. The Bertz CT molecular complexity index is 847. The number of para-hydroxylation sites is 1. The number of hydrogen-bond acceptors (Lipinski definition) is 6. The Kier molecular flexibility index (Phi) is 6.86. The lowest BCUT2D eigenvalue weighted by molar-refractivity contribution is 0.0689. The van der Waals surface area contributed by atoms with Crippen LogP contribution in [-0.4, -0.2) is 28.0 Å². The van der Waals surface area contributed by atoms with Crippen molar-refractivity contribution < 1.29 is 19.4 Å². The van der Waals surface area contributed by atoms with Gasteiger partial charge in [-0.05, 0) is 30.2 Å². The van der Waals surface area contributed by atoms with Gasteiger partial charge < -0.3 is 9.84 Å². The molecule has 1 atom stereocenters. The predicted octanol–water partition coefficient (Wildman–Crippen LogP) is 2.14. The van der Waals surface area contributed by atoms with Gasteiger partial charge >= 0.3 is 5.97 Å². The van der Waals surface area contributed by atoms with E-state index < -0.39 is 17.9 Å². The molecular weight excluding hydrogens is 348 g/mol. The molecule has 3 N–H and O–H groups in total. The maximum Gasteiger partial charge on any atom is 0.338 e. The minimum atomic E-state index is -1.27. The SMILES string of the molecule is CC(C)[C@@H](C#N)NNC(=O)c1nc(COc2ccccc2)ccc1C(=O)O. The first-order valence-electron chi connectivity index (χ1n) is 8.29. The first kappa shape index (κ1) is 19.9. The monoisotopic (exact) mass is 368 g/mol. The molecule has 0 fully saturated rings. The number of nitriles is 1. The number of nitrogens with zero attached hydrogens (tertiary/aromatic N) is 2. The number of carbonyl (C=O) groups is 2. The lowest BCUT2D eigenvalue weighted by Crippen LogP contribution is -2.46. The molecule has 8 heteroatoms. The number of hydrazine groups is 1. The van der Waals surface area contributed by atoms with Crippen molar-refractivity contribution in [2.75, 3.05) is 0 Å². The van der Waals surface area contributed by atoms with Crippen molar-refractivity contribution >= 4 is 11.9 Å². The van der Waals surface area contributed by atoms with Gasteiger partial charge in [-0.2, -0.15) is 5.26 Å². The van der Waals surface area contributed by atoms with E-state index in [1.807, 2.05) is 38.1 Å². The highest BCUT2D eigenvalue weighted by molar-refractivity contribution is 6.03. The van der Waals surface area contributed by atoms with Crippen LogP contribution in [0.25, 0.3) is 0 Å². The smallest absolute Gasteiger partial charge is 0.338 e. The highest BCUT2D eigenvalue weighted by atomic mass is 16.5. The van der Waals surface area contributed by atoms with E-state index in [2.05, 4.69) is 15.8 Å². The molecule has 0 saturated heterocycles. The average molecular weight is 368 g/mol. The van der Waals surface area contributed by atoms with E-state index in [4.69, 9.17) is 10.00 Å². The molecule has 2 rings (SSSR count). The summed E-state index contributed by atoms with van der Waals surface area (Å²) in [6, 6.07) is 13.2. The van der Waals surface area contributed by atoms with Gasteiger partial charge in [-0.15, -0.1) is 0 Å². The zero-order valence-corrected chi connectivity index (χ0v) is 15.0. The molecule has 0 unspecified atom stereocenters. The topological polar surface area (TPSA) is 124 Å². The highest BCUT2D eigenvalue weighted by Crippen LogP contribution is 2.13. The van der Waals surface area contributed by atoms with Crippen LogP contribution in [0.4, 0.5) is 0 Å². The summed E-state index contributed by atoms with van der Waals surface area (Å²) in [4.78, 5) is 27.9. The third-order valence-electron chi connectivity index (χ3n) is 3.68. The fourth-order valence-electron chi connectivity index (χ4n) is 2.15. The quantitative estimate of drug-likeness (QED) is 0.610. The molecular formula is C19H20N4O4. The van der Waals surface area contributed by atoms with Crippen molar-refractivity contribution in [3.05, 3.63) is 59.4 Å². The van der Waals surface area contributed by atoms with E-state index >= 15 is 0 Å². The summed E-state index contributed by atoms with van der Waals surface area (Å²) >= 11 is 0. The summed E-state index contributed by atoms with van der Waals surface area (Å²) in [6.45, 7) is 3.70. The minimum absolute atomic E-state index is 0.0483. The van der Waals surface area contributed by atoms with Crippen LogP contribution in [0, 0.1) is 17.2 Å². The molecule has 8 nitrogen and oxygen atoms in total. The number of ether oxygens (including phenoxy) is 1. The Hall–Kier alpha value is -3.44. The number of carboxylic acid groups (broad SMARTS) is 1. The van der Waals surface area contributed by atoms with Gasteiger partial charge in [-0.25, -0.2) is 15.2 Å². The second kappa shape index (κ2) is 9.31. The molecule has 0 radical (unpaired) electrons. The molecule has 2 aromatic rings. The van der Waals surface area contributed by atoms with Crippen LogP contribution in [0.1, 0.15) is 40.4 Å². The first-order valence-corrected chi connectivity index (χ1v) is 8.29. The van der Waals surface area contributed by atoms with Crippen LogP contribution >= 0.6 is 0 Å². The van der Waals surface area contributed by atoms with Gasteiger partial charge in [0.2, 0.25) is 0 Å². The normalized spacial score (nSPS) is 11.5. The van der Waals surface area contributed by atoms with Gasteiger partial charge in [0.15, 0.2) is 0 Å². The Morgan fingerprint density at radius 2 is 1.93 bits per heavy atom. The molecule has 140 valence electrons. The fraction of sp³-hybridized carbons (Fsp3) is 0.263. The zero-order valence-electron chi connectivity index (χ0n) is 15.0. The van der Waals surface area contributed by atoms with Crippen molar-refractivity contribution in [1.82, 2.24) is 15.8 Å². The van der Waals surface area contributed by atoms with Crippen molar-refractivity contribution in [1.29, 1.82) is 5.26 Å². The second-order valence-corrected chi connectivity index (χ2v) is 6.05. The number of carboxylic acids is 1. The van der Waals surface area contributed by atoms with Crippen LogP contribution < -0.4 is 15.6 Å². The van der Waals surface area contributed by atoms with Crippen LogP contribution in [0.15, 0.2) is 42.5 Å². The summed E-state index contributed by atoms with van der Waals surface area (Å²) in [6.07, 6.45) is 0. The molecule has 1 heterocycles. The molecule has 1 aromatic carbocycles. The van der Waals surface area contributed by atoms with Gasteiger partial charge in [0.1, 0.15) is 24.1 Å². The van der Waals surface area contributed by atoms with Gasteiger partial charge in [-0.1, -0.05) is 32.0 Å². The van der Waals surface area contributed by atoms with Gasteiger partial charge in [0.25, 0.3) is 5.91 Å².